The van der Waals surface area contributed by atoms with Crippen molar-refractivity contribution in [3.63, 3.8) is 0 Å². The summed E-state index contributed by atoms with van der Waals surface area (Å²) in [5.74, 6) is 1.33. The first-order valence-corrected chi connectivity index (χ1v) is 10.1. The fraction of sp³-hybridized carbons (Fsp3) is 0.474. The Morgan fingerprint density at radius 3 is 2.56 bits per heavy atom. The maximum atomic E-state index is 12.3. The molecule has 1 fully saturated rings. The number of carbonyl (C=O) groups is 2. The van der Waals surface area contributed by atoms with Gasteiger partial charge in [0.2, 0.25) is 11.1 Å². The highest BCUT2D eigenvalue weighted by Crippen LogP contribution is 2.40. The number of amides is 3. The van der Waals surface area contributed by atoms with Crippen LogP contribution >= 0.6 is 11.8 Å². The number of rotatable bonds is 7. The maximum Gasteiger partial charge on any atom is 0.321 e. The summed E-state index contributed by atoms with van der Waals surface area (Å²) in [5, 5.41) is 9.71. The number of benzene rings is 1. The third-order valence-electron chi connectivity index (χ3n) is 4.12. The van der Waals surface area contributed by atoms with Crippen LogP contribution in [0.1, 0.15) is 45.4 Å². The molecule has 0 saturated heterocycles. The topological polar surface area (TPSA) is 88.9 Å². The minimum Gasteiger partial charge on any atom is -0.338 e. The van der Waals surface area contributed by atoms with Gasteiger partial charge >= 0.3 is 6.03 Å². The number of imide groups is 1. The van der Waals surface area contributed by atoms with Crippen molar-refractivity contribution >= 4 is 23.7 Å². The molecule has 0 aliphatic heterocycles. The number of hydrogen-bond donors (Lipinski definition) is 2. The first-order chi connectivity index (χ1) is 12.9. The van der Waals surface area contributed by atoms with Gasteiger partial charge in [-0.15, -0.1) is 5.10 Å². The maximum absolute atomic E-state index is 12.3. The Morgan fingerprint density at radius 1 is 1.22 bits per heavy atom. The van der Waals surface area contributed by atoms with E-state index in [0.717, 1.165) is 24.4 Å². The van der Waals surface area contributed by atoms with Crippen molar-refractivity contribution in [2.24, 2.45) is 5.92 Å². The van der Waals surface area contributed by atoms with Gasteiger partial charge in [-0.05, 0) is 37.8 Å². The van der Waals surface area contributed by atoms with Crippen LogP contribution in [0.3, 0.4) is 0 Å². The van der Waals surface area contributed by atoms with Gasteiger partial charge in [0.05, 0.1) is 10.9 Å². The predicted molar refractivity (Wildman–Crippen MR) is 105 cm³/mol. The van der Waals surface area contributed by atoms with Crippen LogP contribution in [0.5, 0.6) is 0 Å². The molecule has 1 aromatic carbocycles. The monoisotopic (exact) mass is 387 g/mol. The third-order valence-corrected chi connectivity index (χ3v) is 5.07. The largest absolute Gasteiger partial charge is 0.338 e. The Hall–Kier alpha value is -2.35. The number of nitrogens with one attached hydrogen (secondary N) is 2. The summed E-state index contributed by atoms with van der Waals surface area (Å²) in [6, 6.07) is 9.40. The first-order valence-electron chi connectivity index (χ1n) is 9.21. The van der Waals surface area contributed by atoms with E-state index in [1.54, 1.807) is 6.92 Å². The Morgan fingerprint density at radius 2 is 1.93 bits per heavy atom. The normalized spacial score (nSPS) is 14.8. The van der Waals surface area contributed by atoms with Crippen molar-refractivity contribution in [2.45, 2.75) is 49.9 Å². The van der Waals surface area contributed by atoms with E-state index in [1.807, 2.05) is 48.9 Å². The van der Waals surface area contributed by atoms with Gasteiger partial charge in [0.1, 0.15) is 5.82 Å². The highest BCUT2D eigenvalue weighted by atomic mass is 32.2. The molecule has 1 aliphatic rings. The average molecular weight is 388 g/mol. The number of carbonyl (C=O) groups excluding carboxylic acids is 2. The molecule has 3 amide bonds. The van der Waals surface area contributed by atoms with E-state index in [1.165, 1.54) is 11.8 Å². The first kappa shape index (κ1) is 19.4. The molecule has 3 rings (SSSR count). The van der Waals surface area contributed by atoms with Crippen molar-refractivity contribution in [3.05, 3.63) is 36.2 Å². The van der Waals surface area contributed by atoms with Gasteiger partial charge in [-0.1, -0.05) is 43.8 Å². The highest BCUT2D eigenvalue weighted by molar-refractivity contribution is 8.00. The van der Waals surface area contributed by atoms with Crippen LogP contribution in [0.25, 0.3) is 5.69 Å². The van der Waals surface area contributed by atoms with Gasteiger partial charge in [-0.3, -0.25) is 10.1 Å². The molecule has 1 saturated carbocycles. The van der Waals surface area contributed by atoms with Crippen LogP contribution in [0.15, 0.2) is 35.5 Å². The van der Waals surface area contributed by atoms with Crippen molar-refractivity contribution < 1.29 is 9.59 Å². The number of hydrogen-bond acceptors (Lipinski definition) is 5. The quantitative estimate of drug-likeness (QED) is 0.713. The minimum atomic E-state index is -0.478. The van der Waals surface area contributed by atoms with Crippen LogP contribution in [-0.2, 0) is 4.79 Å². The van der Waals surface area contributed by atoms with Gasteiger partial charge in [-0.2, -0.15) is 0 Å². The standard InChI is InChI=1S/C19H25N5O2S/c1-12(2)11-20-18(26)22-17(25)13(3)27-19-21-16(14-9-10-14)24(23-19)15-7-5-4-6-8-15/h4-8,12-14H,9-11H2,1-3H3,(H2,20,22,25,26). The summed E-state index contributed by atoms with van der Waals surface area (Å²) in [6.07, 6.45) is 2.23. The Bertz CT molecular complexity index is 802. The van der Waals surface area contributed by atoms with Crippen molar-refractivity contribution in [1.82, 2.24) is 25.4 Å². The molecule has 2 N–H and O–H groups in total. The van der Waals surface area contributed by atoms with E-state index in [-0.39, 0.29) is 5.91 Å². The third kappa shape index (κ3) is 5.32. The Balaban J connectivity index is 1.65. The fourth-order valence-electron chi connectivity index (χ4n) is 2.49. The highest BCUT2D eigenvalue weighted by Gasteiger charge is 2.31. The van der Waals surface area contributed by atoms with E-state index in [9.17, 15) is 9.59 Å². The molecule has 1 atom stereocenters. The summed E-state index contributed by atoms with van der Waals surface area (Å²) >= 11 is 1.26. The van der Waals surface area contributed by atoms with Gasteiger partial charge in [0.25, 0.3) is 0 Å². The molecular formula is C19H25N5O2S. The molecule has 0 spiro atoms. The molecule has 1 unspecified atom stereocenters. The molecule has 8 heteroatoms. The summed E-state index contributed by atoms with van der Waals surface area (Å²) in [5.41, 5.74) is 0.962. The fourth-order valence-corrected chi connectivity index (χ4v) is 3.24. The number of thioether (sulfide) groups is 1. The molecule has 0 radical (unpaired) electrons. The van der Waals surface area contributed by atoms with E-state index < -0.39 is 11.3 Å². The van der Waals surface area contributed by atoms with Crippen LogP contribution in [0.4, 0.5) is 4.79 Å². The molecule has 1 aromatic heterocycles. The number of aromatic nitrogens is 3. The van der Waals surface area contributed by atoms with E-state index in [0.29, 0.717) is 23.5 Å². The SMILES string of the molecule is CC(C)CNC(=O)NC(=O)C(C)Sc1nc(C2CC2)n(-c2ccccc2)n1. The van der Waals surface area contributed by atoms with Gasteiger partial charge in [-0.25, -0.2) is 14.5 Å². The summed E-state index contributed by atoms with van der Waals surface area (Å²) in [7, 11) is 0. The van der Waals surface area contributed by atoms with Crippen molar-refractivity contribution in [1.29, 1.82) is 0 Å². The Labute approximate surface area is 163 Å². The predicted octanol–water partition coefficient (Wildman–Crippen LogP) is 3.11. The number of para-hydroxylation sites is 1. The second kappa shape index (κ2) is 8.56. The smallest absolute Gasteiger partial charge is 0.321 e. The molecule has 27 heavy (non-hydrogen) atoms. The van der Waals surface area contributed by atoms with Crippen LogP contribution in [-0.4, -0.2) is 38.5 Å². The summed E-state index contributed by atoms with van der Waals surface area (Å²) in [4.78, 5) is 28.7. The van der Waals surface area contributed by atoms with Crippen LogP contribution in [0.2, 0.25) is 0 Å². The lowest BCUT2D eigenvalue weighted by Crippen LogP contribution is -2.43. The molecule has 144 valence electrons. The van der Waals surface area contributed by atoms with Crippen LogP contribution in [0, 0.1) is 5.92 Å². The zero-order chi connectivity index (χ0) is 19.4. The lowest BCUT2D eigenvalue weighted by atomic mass is 10.2. The average Bonchev–Trinajstić information content (AvgIpc) is 3.41. The lowest BCUT2D eigenvalue weighted by Gasteiger charge is -2.11. The number of urea groups is 1. The van der Waals surface area contributed by atoms with Crippen molar-refractivity contribution in [3.8, 4) is 5.69 Å². The minimum absolute atomic E-state index is 0.324. The molecule has 7 nitrogen and oxygen atoms in total. The molecule has 0 bridgehead atoms. The Kier molecular flexibility index (Phi) is 6.15. The number of nitrogens with zero attached hydrogens (tertiary/aromatic N) is 3. The van der Waals surface area contributed by atoms with Crippen molar-refractivity contribution in [2.75, 3.05) is 6.54 Å². The second-order valence-electron chi connectivity index (χ2n) is 7.13. The molecule has 1 aliphatic carbocycles. The molecular weight excluding hydrogens is 362 g/mol. The summed E-state index contributed by atoms with van der Waals surface area (Å²) < 4.78 is 1.86. The van der Waals surface area contributed by atoms with E-state index in [4.69, 9.17) is 0 Å². The summed E-state index contributed by atoms with van der Waals surface area (Å²) in [6.45, 7) is 6.25. The van der Waals surface area contributed by atoms with E-state index >= 15 is 0 Å². The van der Waals surface area contributed by atoms with Gasteiger partial charge < -0.3 is 5.32 Å². The molecule has 2 aromatic rings. The van der Waals surface area contributed by atoms with Gasteiger partial charge in [0.15, 0.2) is 0 Å². The zero-order valence-electron chi connectivity index (χ0n) is 15.8. The zero-order valence-corrected chi connectivity index (χ0v) is 16.6. The van der Waals surface area contributed by atoms with Crippen LogP contribution < -0.4 is 10.6 Å². The van der Waals surface area contributed by atoms with Gasteiger partial charge in [0, 0.05) is 12.5 Å². The second-order valence-corrected chi connectivity index (χ2v) is 8.44. The van der Waals surface area contributed by atoms with E-state index in [2.05, 4.69) is 20.7 Å². The molecule has 1 heterocycles. The lowest BCUT2D eigenvalue weighted by molar-refractivity contribution is -0.119.